The van der Waals surface area contributed by atoms with Gasteiger partial charge in [0.25, 0.3) is 0 Å². The van der Waals surface area contributed by atoms with E-state index in [0.717, 1.165) is 45.0 Å². The maximum Gasteiger partial charge on any atom is 0.123 e. The molecule has 0 saturated carbocycles. The Labute approximate surface area is 143 Å². The summed E-state index contributed by atoms with van der Waals surface area (Å²) in [4.78, 5) is 4.98. The monoisotopic (exact) mass is 330 g/mol. The van der Waals surface area contributed by atoms with Gasteiger partial charge in [0, 0.05) is 44.5 Å². The van der Waals surface area contributed by atoms with Crippen LogP contribution in [0.3, 0.4) is 0 Å². The fourth-order valence-electron chi connectivity index (χ4n) is 3.44. The predicted molar refractivity (Wildman–Crippen MR) is 94.4 cm³/mol. The van der Waals surface area contributed by atoms with Gasteiger partial charge in [-0.2, -0.15) is 5.10 Å². The van der Waals surface area contributed by atoms with E-state index >= 15 is 0 Å². The zero-order valence-corrected chi connectivity index (χ0v) is 14.9. The highest BCUT2D eigenvalue weighted by Crippen LogP contribution is 2.13. The van der Waals surface area contributed by atoms with Crippen molar-refractivity contribution in [3.8, 4) is 0 Å². The lowest BCUT2D eigenvalue weighted by Crippen LogP contribution is -2.50. The van der Waals surface area contributed by atoms with Crippen LogP contribution in [0.25, 0.3) is 0 Å². The van der Waals surface area contributed by atoms with Crippen molar-refractivity contribution < 1.29 is 4.39 Å². The smallest absolute Gasteiger partial charge is 0.123 e. The third kappa shape index (κ3) is 4.22. The van der Waals surface area contributed by atoms with Gasteiger partial charge in [0.05, 0.1) is 12.2 Å². The van der Waals surface area contributed by atoms with Crippen LogP contribution in [0.2, 0.25) is 0 Å². The van der Waals surface area contributed by atoms with Crippen LogP contribution >= 0.6 is 0 Å². The van der Waals surface area contributed by atoms with Crippen LogP contribution in [0.5, 0.6) is 0 Å². The standard InChI is InChI=1S/C19H27FN4/c1-15-12-16(2)24(21-15)13-17(3)23-10-8-22(9-11-23)14-18-4-6-19(20)7-5-18/h4-7,12,17H,8-11,13-14H2,1-3H3. The summed E-state index contributed by atoms with van der Waals surface area (Å²) in [5.41, 5.74) is 3.50. The fourth-order valence-corrected chi connectivity index (χ4v) is 3.44. The number of nitrogens with zero attached hydrogens (tertiary/aromatic N) is 4. The van der Waals surface area contributed by atoms with E-state index in [-0.39, 0.29) is 5.82 Å². The molecule has 2 heterocycles. The van der Waals surface area contributed by atoms with Crippen molar-refractivity contribution in [3.05, 3.63) is 53.1 Å². The second kappa shape index (κ2) is 7.45. The summed E-state index contributed by atoms with van der Waals surface area (Å²) >= 11 is 0. The van der Waals surface area contributed by atoms with Gasteiger partial charge < -0.3 is 0 Å². The van der Waals surface area contributed by atoms with Crippen molar-refractivity contribution >= 4 is 0 Å². The third-order valence-electron chi connectivity index (χ3n) is 4.89. The average Bonchev–Trinajstić information content (AvgIpc) is 2.88. The largest absolute Gasteiger partial charge is 0.297 e. The lowest BCUT2D eigenvalue weighted by molar-refractivity contribution is 0.0894. The molecule has 1 saturated heterocycles. The van der Waals surface area contributed by atoms with E-state index in [1.807, 2.05) is 19.1 Å². The molecule has 24 heavy (non-hydrogen) atoms. The maximum absolute atomic E-state index is 13.0. The van der Waals surface area contributed by atoms with E-state index < -0.39 is 0 Å². The molecular formula is C19H27FN4. The summed E-state index contributed by atoms with van der Waals surface area (Å²) < 4.78 is 15.1. The molecule has 3 rings (SSSR count). The fraction of sp³-hybridized carbons (Fsp3) is 0.526. The number of benzene rings is 1. The van der Waals surface area contributed by atoms with E-state index in [1.165, 1.54) is 11.3 Å². The van der Waals surface area contributed by atoms with Gasteiger partial charge in [-0.3, -0.25) is 14.5 Å². The number of rotatable bonds is 5. The SMILES string of the molecule is Cc1cc(C)n(CC(C)N2CCN(Cc3ccc(F)cc3)CC2)n1. The highest BCUT2D eigenvalue weighted by atomic mass is 19.1. The molecule has 2 aromatic rings. The summed E-state index contributed by atoms with van der Waals surface area (Å²) in [7, 11) is 0. The van der Waals surface area contributed by atoms with Crippen molar-refractivity contribution in [2.75, 3.05) is 26.2 Å². The van der Waals surface area contributed by atoms with E-state index in [4.69, 9.17) is 0 Å². The van der Waals surface area contributed by atoms with Crippen LogP contribution in [0.15, 0.2) is 30.3 Å². The molecule has 0 aliphatic carbocycles. The molecule has 1 aromatic heterocycles. The van der Waals surface area contributed by atoms with Crippen LogP contribution in [0.4, 0.5) is 4.39 Å². The Bertz CT molecular complexity index is 657. The number of piperazine rings is 1. The molecule has 1 unspecified atom stereocenters. The van der Waals surface area contributed by atoms with Gasteiger partial charge in [0.2, 0.25) is 0 Å². The zero-order chi connectivity index (χ0) is 17.1. The minimum absolute atomic E-state index is 0.165. The number of halogens is 1. The lowest BCUT2D eigenvalue weighted by Gasteiger charge is -2.38. The van der Waals surface area contributed by atoms with Gasteiger partial charge in [-0.15, -0.1) is 0 Å². The van der Waals surface area contributed by atoms with Gasteiger partial charge in [-0.1, -0.05) is 12.1 Å². The Hall–Kier alpha value is -1.72. The Balaban J connectivity index is 1.49. The molecule has 5 heteroatoms. The van der Waals surface area contributed by atoms with Crippen LogP contribution in [0, 0.1) is 19.7 Å². The Kier molecular flexibility index (Phi) is 5.31. The molecule has 1 fully saturated rings. The quantitative estimate of drug-likeness (QED) is 0.842. The second-order valence-corrected chi connectivity index (χ2v) is 6.90. The molecule has 0 bridgehead atoms. The predicted octanol–water partition coefficient (Wildman–Crippen LogP) is 2.85. The van der Waals surface area contributed by atoms with E-state index in [9.17, 15) is 4.39 Å². The Morgan fingerprint density at radius 2 is 1.75 bits per heavy atom. The van der Waals surface area contributed by atoms with Crippen LogP contribution in [-0.2, 0) is 13.1 Å². The van der Waals surface area contributed by atoms with Gasteiger partial charge >= 0.3 is 0 Å². The summed E-state index contributed by atoms with van der Waals surface area (Å²) in [5.74, 6) is -0.165. The van der Waals surface area contributed by atoms with Crippen molar-refractivity contribution in [2.24, 2.45) is 0 Å². The summed E-state index contributed by atoms with van der Waals surface area (Å²) in [5, 5.41) is 4.57. The van der Waals surface area contributed by atoms with Crippen molar-refractivity contribution in [3.63, 3.8) is 0 Å². The zero-order valence-electron chi connectivity index (χ0n) is 14.9. The van der Waals surface area contributed by atoms with Crippen LogP contribution < -0.4 is 0 Å². The average molecular weight is 330 g/mol. The molecule has 1 aliphatic heterocycles. The molecule has 0 N–H and O–H groups in total. The van der Waals surface area contributed by atoms with E-state index in [0.29, 0.717) is 6.04 Å². The third-order valence-corrected chi connectivity index (χ3v) is 4.89. The summed E-state index contributed by atoms with van der Waals surface area (Å²) in [6.07, 6.45) is 0. The Morgan fingerprint density at radius 1 is 1.08 bits per heavy atom. The van der Waals surface area contributed by atoms with Gasteiger partial charge in [-0.05, 0) is 44.5 Å². The molecule has 4 nitrogen and oxygen atoms in total. The first-order chi connectivity index (χ1) is 11.5. The molecule has 1 atom stereocenters. The highest BCUT2D eigenvalue weighted by molar-refractivity contribution is 5.16. The van der Waals surface area contributed by atoms with Crippen molar-refractivity contribution in [2.45, 2.75) is 39.9 Å². The molecule has 0 spiro atoms. The first kappa shape index (κ1) is 17.1. The molecule has 0 amide bonds. The van der Waals surface area contributed by atoms with Crippen LogP contribution in [-0.4, -0.2) is 51.8 Å². The topological polar surface area (TPSA) is 24.3 Å². The normalized spacial score (nSPS) is 18.0. The van der Waals surface area contributed by atoms with Crippen molar-refractivity contribution in [1.82, 2.24) is 19.6 Å². The summed E-state index contributed by atoms with van der Waals surface area (Å²) in [6, 6.07) is 9.47. The number of hydrogen-bond acceptors (Lipinski definition) is 3. The maximum atomic E-state index is 13.0. The first-order valence-corrected chi connectivity index (χ1v) is 8.73. The van der Waals surface area contributed by atoms with Crippen LogP contribution in [0.1, 0.15) is 23.9 Å². The molecule has 130 valence electrons. The first-order valence-electron chi connectivity index (χ1n) is 8.73. The van der Waals surface area contributed by atoms with E-state index in [1.54, 1.807) is 12.1 Å². The number of aromatic nitrogens is 2. The minimum atomic E-state index is -0.165. The van der Waals surface area contributed by atoms with Crippen molar-refractivity contribution in [1.29, 1.82) is 0 Å². The number of hydrogen-bond donors (Lipinski definition) is 0. The molecule has 1 aromatic carbocycles. The minimum Gasteiger partial charge on any atom is -0.297 e. The van der Waals surface area contributed by atoms with Gasteiger partial charge in [0.1, 0.15) is 5.82 Å². The molecule has 1 aliphatic rings. The number of aryl methyl sites for hydroxylation is 2. The highest BCUT2D eigenvalue weighted by Gasteiger charge is 2.22. The summed E-state index contributed by atoms with van der Waals surface area (Å²) in [6.45, 7) is 12.5. The molecular weight excluding hydrogens is 303 g/mol. The van der Waals surface area contributed by atoms with Gasteiger partial charge in [-0.25, -0.2) is 4.39 Å². The van der Waals surface area contributed by atoms with E-state index in [2.05, 4.69) is 39.5 Å². The molecule has 0 radical (unpaired) electrons. The Morgan fingerprint density at radius 3 is 2.33 bits per heavy atom. The second-order valence-electron chi connectivity index (χ2n) is 6.90. The lowest BCUT2D eigenvalue weighted by atomic mass is 10.1. The van der Waals surface area contributed by atoms with Gasteiger partial charge in [0.15, 0.2) is 0 Å².